The lowest BCUT2D eigenvalue weighted by atomic mass is 10.2. The zero-order valence-corrected chi connectivity index (χ0v) is 8.21. The van der Waals surface area contributed by atoms with Crippen molar-refractivity contribution in [1.29, 1.82) is 0 Å². The van der Waals surface area contributed by atoms with Gasteiger partial charge in [-0.25, -0.2) is 0 Å². The fourth-order valence-electron chi connectivity index (χ4n) is 1.01. The number of carbonyl (C=O) groups is 1. The van der Waals surface area contributed by atoms with Crippen LogP contribution < -0.4 is 5.32 Å². The Kier molecular flexibility index (Phi) is 4.18. The van der Waals surface area contributed by atoms with E-state index in [0.29, 0.717) is 19.8 Å². The highest BCUT2D eigenvalue weighted by Gasteiger charge is 2.25. The second kappa shape index (κ2) is 5.19. The molecule has 0 aromatic rings. The summed E-state index contributed by atoms with van der Waals surface area (Å²) >= 11 is 0. The fraction of sp³-hybridized carbons (Fsp3) is 0.889. The lowest BCUT2D eigenvalue weighted by molar-refractivity contribution is -0.176. The minimum Gasteiger partial charge on any atom is -0.457 e. The van der Waals surface area contributed by atoms with Gasteiger partial charge >= 0.3 is 5.97 Å². The van der Waals surface area contributed by atoms with Gasteiger partial charge < -0.3 is 14.8 Å². The summed E-state index contributed by atoms with van der Waals surface area (Å²) in [6, 6.07) is 0. The van der Waals surface area contributed by atoms with Crippen LogP contribution in [0.5, 0.6) is 0 Å². The van der Waals surface area contributed by atoms with Gasteiger partial charge in [-0.15, -0.1) is 0 Å². The van der Waals surface area contributed by atoms with E-state index in [0.717, 1.165) is 6.54 Å². The summed E-state index contributed by atoms with van der Waals surface area (Å²) in [5, 5.41) is 3.11. The van der Waals surface area contributed by atoms with Crippen molar-refractivity contribution in [1.82, 2.24) is 5.32 Å². The molecule has 0 amide bonds. The summed E-state index contributed by atoms with van der Waals surface area (Å²) in [5.41, 5.74) is 0. The molecule has 1 atom stereocenters. The molecule has 1 saturated heterocycles. The molecular formula is C9H17NO3. The van der Waals surface area contributed by atoms with Gasteiger partial charge in [-0.2, -0.15) is 0 Å². The van der Waals surface area contributed by atoms with E-state index in [9.17, 15) is 4.79 Å². The Morgan fingerprint density at radius 3 is 2.85 bits per heavy atom. The maximum absolute atomic E-state index is 11.3. The minimum absolute atomic E-state index is 0.00317. The van der Waals surface area contributed by atoms with Gasteiger partial charge in [-0.05, 0) is 6.54 Å². The lowest BCUT2D eigenvalue weighted by Crippen LogP contribution is -2.40. The van der Waals surface area contributed by atoms with Gasteiger partial charge in [0.1, 0.15) is 6.10 Å². The first-order valence-electron chi connectivity index (χ1n) is 4.73. The van der Waals surface area contributed by atoms with E-state index in [1.54, 1.807) is 0 Å². The maximum atomic E-state index is 11.3. The Morgan fingerprint density at radius 1 is 1.69 bits per heavy atom. The number of rotatable bonds is 5. The second-order valence-corrected chi connectivity index (χ2v) is 3.31. The third-order valence-corrected chi connectivity index (χ3v) is 1.99. The molecule has 0 aromatic carbocycles. The Hall–Kier alpha value is -0.610. The molecule has 0 aromatic heterocycles. The molecule has 0 radical (unpaired) electrons. The number of esters is 1. The van der Waals surface area contributed by atoms with Crippen molar-refractivity contribution >= 4 is 5.97 Å². The molecule has 1 heterocycles. The highest BCUT2D eigenvalue weighted by molar-refractivity contribution is 5.72. The van der Waals surface area contributed by atoms with E-state index in [2.05, 4.69) is 5.32 Å². The van der Waals surface area contributed by atoms with E-state index in [1.165, 1.54) is 0 Å². The summed E-state index contributed by atoms with van der Waals surface area (Å²) in [4.78, 5) is 11.3. The van der Waals surface area contributed by atoms with Crippen LogP contribution in [-0.4, -0.2) is 38.4 Å². The van der Waals surface area contributed by atoms with E-state index in [4.69, 9.17) is 9.47 Å². The molecule has 1 rings (SSSR count). The highest BCUT2D eigenvalue weighted by Crippen LogP contribution is 2.08. The molecule has 1 N–H and O–H groups in total. The minimum atomic E-state index is -0.130. The Bertz CT molecular complexity index is 168. The van der Waals surface area contributed by atoms with Crippen molar-refractivity contribution < 1.29 is 14.3 Å². The Balaban J connectivity index is 2.13. The van der Waals surface area contributed by atoms with E-state index in [1.807, 2.05) is 13.8 Å². The van der Waals surface area contributed by atoms with Crippen LogP contribution in [0, 0.1) is 5.92 Å². The van der Waals surface area contributed by atoms with Crippen LogP contribution in [0.25, 0.3) is 0 Å². The van der Waals surface area contributed by atoms with Crippen LogP contribution in [0.1, 0.15) is 13.8 Å². The lowest BCUT2D eigenvalue weighted by Gasteiger charge is -2.26. The monoisotopic (exact) mass is 187 g/mol. The molecule has 0 aliphatic carbocycles. The molecule has 4 nitrogen and oxygen atoms in total. The molecule has 1 aliphatic heterocycles. The molecule has 76 valence electrons. The number of hydrogen-bond acceptors (Lipinski definition) is 4. The van der Waals surface area contributed by atoms with Crippen molar-refractivity contribution in [2.75, 3.05) is 26.3 Å². The van der Waals surface area contributed by atoms with E-state index >= 15 is 0 Å². The van der Waals surface area contributed by atoms with Gasteiger partial charge in [0.2, 0.25) is 0 Å². The first kappa shape index (κ1) is 10.5. The van der Waals surface area contributed by atoms with Crippen LogP contribution in [0.3, 0.4) is 0 Å². The number of carbonyl (C=O) groups excluding carboxylic acids is 1. The van der Waals surface area contributed by atoms with Crippen molar-refractivity contribution in [3.05, 3.63) is 0 Å². The molecule has 0 spiro atoms. The quantitative estimate of drug-likeness (QED) is 0.623. The Morgan fingerprint density at radius 2 is 2.38 bits per heavy atom. The molecular weight excluding hydrogens is 170 g/mol. The zero-order chi connectivity index (χ0) is 9.68. The van der Waals surface area contributed by atoms with Crippen molar-refractivity contribution in [2.45, 2.75) is 20.0 Å². The molecule has 13 heavy (non-hydrogen) atoms. The van der Waals surface area contributed by atoms with Gasteiger partial charge in [0.15, 0.2) is 0 Å². The van der Waals surface area contributed by atoms with Gasteiger partial charge in [-0.3, -0.25) is 4.79 Å². The summed E-state index contributed by atoms with van der Waals surface area (Å²) in [6.45, 7) is 6.55. The van der Waals surface area contributed by atoms with E-state index < -0.39 is 0 Å². The Labute approximate surface area is 78.6 Å². The molecule has 1 fully saturated rings. The van der Waals surface area contributed by atoms with Gasteiger partial charge in [0.05, 0.1) is 19.1 Å². The third-order valence-electron chi connectivity index (χ3n) is 1.99. The molecule has 4 heteroatoms. The average Bonchev–Trinajstić information content (AvgIpc) is 2.06. The van der Waals surface area contributed by atoms with Crippen LogP contribution >= 0.6 is 0 Å². The normalized spacial score (nSPS) is 19.2. The number of nitrogens with one attached hydrogen (secondary N) is 1. The first-order valence-corrected chi connectivity index (χ1v) is 4.73. The maximum Gasteiger partial charge on any atom is 0.310 e. The van der Waals surface area contributed by atoms with Crippen LogP contribution in [-0.2, 0) is 14.3 Å². The summed E-state index contributed by atoms with van der Waals surface area (Å²) < 4.78 is 10.0. The molecule has 0 saturated carbocycles. The van der Waals surface area contributed by atoms with Crippen molar-refractivity contribution in [3.63, 3.8) is 0 Å². The summed E-state index contributed by atoms with van der Waals surface area (Å²) in [6.07, 6.45) is -0.00317. The van der Waals surface area contributed by atoms with Gasteiger partial charge in [0.25, 0.3) is 0 Å². The first-order chi connectivity index (χ1) is 6.24. The average molecular weight is 187 g/mol. The van der Waals surface area contributed by atoms with Gasteiger partial charge in [-0.1, -0.05) is 13.8 Å². The zero-order valence-electron chi connectivity index (χ0n) is 8.21. The van der Waals surface area contributed by atoms with Crippen LogP contribution in [0.4, 0.5) is 0 Å². The highest BCUT2D eigenvalue weighted by atomic mass is 16.6. The standard InChI is InChI=1S/C9H17NO3/c1-3-10-4-7(2)9(11)13-8-5-12-6-8/h7-8,10H,3-6H2,1-2H3. The van der Waals surface area contributed by atoms with Crippen LogP contribution in [0.15, 0.2) is 0 Å². The summed E-state index contributed by atoms with van der Waals surface area (Å²) in [7, 11) is 0. The summed E-state index contributed by atoms with van der Waals surface area (Å²) in [5.74, 6) is -0.199. The molecule has 1 unspecified atom stereocenters. The van der Waals surface area contributed by atoms with Crippen molar-refractivity contribution in [2.24, 2.45) is 5.92 Å². The fourth-order valence-corrected chi connectivity index (χ4v) is 1.01. The predicted molar refractivity (Wildman–Crippen MR) is 48.4 cm³/mol. The molecule has 0 bridgehead atoms. The number of ether oxygens (including phenoxy) is 2. The predicted octanol–water partition coefficient (Wildman–Crippen LogP) is 0.174. The molecule has 1 aliphatic rings. The SMILES string of the molecule is CCNCC(C)C(=O)OC1COC1. The van der Waals surface area contributed by atoms with Crippen molar-refractivity contribution in [3.8, 4) is 0 Å². The largest absolute Gasteiger partial charge is 0.457 e. The topological polar surface area (TPSA) is 47.6 Å². The van der Waals surface area contributed by atoms with E-state index in [-0.39, 0.29) is 18.0 Å². The third kappa shape index (κ3) is 3.32. The second-order valence-electron chi connectivity index (χ2n) is 3.31. The smallest absolute Gasteiger partial charge is 0.310 e. The van der Waals surface area contributed by atoms with Crippen LogP contribution in [0.2, 0.25) is 0 Å². The number of hydrogen-bond donors (Lipinski definition) is 1. The van der Waals surface area contributed by atoms with Gasteiger partial charge in [0, 0.05) is 6.54 Å².